The molecule has 1 aromatic carbocycles. The van der Waals surface area contributed by atoms with Gasteiger partial charge in [-0.2, -0.15) is 0 Å². The molecule has 1 rings (SSSR count). The van der Waals surface area contributed by atoms with Gasteiger partial charge in [0.1, 0.15) is 5.82 Å². The quantitative estimate of drug-likeness (QED) is 0.443. The molecule has 3 N–H and O–H groups in total. The highest BCUT2D eigenvalue weighted by Gasteiger charge is 1.99. The number of anilines is 2. The number of hydrogen-bond donors (Lipinski definition) is 2. The molecule has 3 nitrogen and oxygen atoms in total. The highest BCUT2D eigenvalue weighted by Crippen LogP contribution is 2.18. The fourth-order valence-electron chi connectivity index (χ4n) is 1.19. The first kappa shape index (κ1) is 12.5. The van der Waals surface area contributed by atoms with Crippen molar-refractivity contribution in [3.05, 3.63) is 36.2 Å². The second-order valence-electron chi connectivity index (χ2n) is 3.67. The first-order valence-electron chi connectivity index (χ1n) is 5.10. The Morgan fingerprint density at radius 2 is 2.31 bits per heavy atom. The molecule has 0 aliphatic heterocycles. The van der Waals surface area contributed by atoms with E-state index < -0.39 is 0 Å². The summed E-state index contributed by atoms with van der Waals surface area (Å²) in [7, 11) is 0. The van der Waals surface area contributed by atoms with Gasteiger partial charge in [0.05, 0.1) is 24.6 Å². The predicted molar refractivity (Wildman–Crippen MR) is 64.9 cm³/mol. The average molecular weight is 224 g/mol. The number of nitrogens with one attached hydrogen (secondary N) is 1. The summed E-state index contributed by atoms with van der Waals surface area (Å²) < 4.78 is 18.2. The molecular weight excluding hydrogens is 207 g/mol. The molecule has 0 saturated carbocycles. The number of nitrogen functional groups attached to an aromatic ring is 1. The molecule has 0 saturated heterocycles. The van der Waals surface area contributed by atoms with Gasteiger partial charge in [-0.3, -0.25) is 0 Å². The smallest absolute Gasteiger partial charge is 0.125 e. The van der Waals surface area contributed by atoms with Crippen LogP contribution < -0.4 is 11.1 Å². The maximum absolute atomic E-state index is 12.9. The van der Waals surface area contributed by atoms with Crippen LogP contribution in [0.1, 0.15) is 6.92 Å². The Bertz CT molecular complexity index is 366. The molecule has 0 unspecified atom stereocenters. The minimum Gasteiger partial charge on any atom is -0.397 e. The van der Waals surface area contributed by atoms with Crippen molar-refractivity contribution >= 4 is 11.4 Å². The Morgan fingerprint density at radius 3 is 3.00 bits per heavy atom. The van der Waals surface area contributed by atoms with E-state index in [4.69, 9.17) is 10.5 Å². The summed E-state index contributed by atoms with van der Waals surface area (Å²) in [6.07, 6.45) is 0. The van der Waals surface area contributed by atoms with Crippen LogP contribution in [0, 0.1) is 5.82 Å². The lowest BCUT2D eigenvalue weighted by molar-refractivity contribution is 0.167. The monoisotopic (exact) mass is 224 g/mol. The van der Waals surface area contributed by atoms with Crippen molar-refractivity contribution in [2.45, 2.75) is 6.92 Å². The van der Waals surface area contributed by atoms with Crippen molar-refractivity contribution in [3.63, 3.8) is 0 Å². The molecular formula is C12H17FN2O. The van der Waals surface area contributed by atoms with Gasteiger partial charge in [0, 0.05) is 6.54 Å². The van der Waals surface area contributed by atoms with Gasteiger partial charge in [0.15, 0.2) is 0 Å². The molecule has 0 atom stereocenters. The lowest BCUT2D eigenvalue weighted by atomic mass is 10.2. The predicted octanol–water partition coefficient (Wildman–Crippen LogP) is 2.41. The van der Waals surface area contributed by atoms with E-state index in [1.807, 2.05) is 6.92 Å². The molecule has 0 amide bonds. The third-order valence-electron chi connectivity index (χ3n) is 1.93. The van der Waals surface area contributed by atoms with Crippen molar-refractivity contribution in [3.8, 4) is 0 Å². The van der Waals surface area contributed by atoms with Gasteiger partial charge in [-0.25, -0.2) is 4.39 Å². The standard InChI is InChI=1S/C12H17FN2O/c1-9(2)8-16-6-5-15-12-7-10(13)3-4-11(12)14/h3-4,7,15H,1,5-6,8,14H2,2H3. The molecule has 0 fully saturated rings. The molecule has 1 aromatic rings. The summed E-state index contributed by atoms with van der Waals surface area (Å²) >= 11 is 0. The molecule has 0 radical (unpaired) electrons. The summed E-state index contributed by atoms with van der Waals surface area (Å²) in [4.78, 5) is 0. The summed E-state index contributed by atoms with van der Waals surface area (Å²) in [6, 6.07) is 4.23. The zero-order valence-electron chi connectivity index (χ0n) is 9.42. The summed E-state index contributed by atoms with van der Waals surface area (Å²) in [5.74, 6) is -0.306. The summed E-state index contributed by atoms with van der Waals surface area (Å²) in [5, 5.41) is 3.01. The Kier molecular flexibility index (Phi) is 4.79. The Balaban J connectivity index is 2.31. The van der Waals surface area contributed by atoms with Crippen molar-refractivity contribution < 1.29 is 9.13 Å². The van der Waals surface area contributed by atoms with Crippen LogP contribution in [0.4, 0.5) is 15.8 Å². The molecule has 16 heavy (non-hydrogen) atoms. The van der Waals surface area contributed by atoms with E-state index in [1.54, 1.807) is 0 Å². The van der Waals surface area contributed by atoms with Crippen molar-refractivity contribution in [1.29, 1.82) is 0 Å². The van der Waals surface area contributed by atoms with E-state index in [1.165, 1.54) is 18.2 Å². The van der Waals surface area contributed by atoms with Crippen LogP contribution in [0.25, 0.3) is 0 Å². The van der Waals surface area contributed by atoms with Gasteiger partial charge in [0.2, 0.25) is 0 Å². The van der Waals surface area contributed by atoms with Crippen LogP contribution in [0.2, 0.25) is 0 Å². The van der Waals surface area contributed by atoms with E-state index in [0.717, 1.165) is 5.57 Å². The first-order chi connectivity index (χ1) is 7.59. The van der Waals surface area contributed by atoms with Crippen molar-refractivity contribution in [1.82, 2.24) is 0 Å². The molecule has 0 aliphatic carbocycles. The fourth-order valence-corrected chi connectivity index (χ4v) is 1.19. The lowest BCUT2D eigenvalue weighted by Crippen LogP contribution is -2.11. The number of benzene rings is 1. The Labute approximate surface area is 95.1 Å². The summed E-state index contributed by atoms with van der Waals surface area (Å²) in [6.45, 7) is 7.28. The second kappa shape index (κ2) is 6.12. The second-order valence-corrected chi connectivity index (χ2v) is 3.67. The molecule has 0 spiro atoms. The van der Waals surface area contributed by atoms with Crippen molar-refractivity contribution in [2.24, 2.45) is 0 Å². The van der Waals surface area contributed by atoms with E-state index in [9.17, 15) is 4.39 Å². The maximum atomic E-state index is 12.9. The number of ether oxygens (including phenoxy) is 1. The van der Waals surface area contributed by atoms with E-state index in [0.29, 0.717) is 31.1 Å². The van der Waals surface area contributed by atoms with Gasteiger partial charge in [-0.15, -0.1) is 0 Å². The van der Waals surface area contributed by atoms with Gasteiger partial charge in [-0.05, 0) is 25.1 Å². The van der Waals surface area contributed by atoms with Crippen LogP contribution in [-0.2, 0) is 4.74 Å². The average Bonchev–Trinajstić information content (AvgIpc) is 2.22. The SMILES string of the molecule is C=C(C)COCCNc1cc(F)ccc1N. The Hall–Kier alpha value is -1.55. The third-order valence-corrected chi connectivity index (χ3v) is 1.93. The van der Waals surface area contributed by atoms with Crippen LogP contribution in [0.15, 0.2) is 30.4 Å². The number of nitrogens with two attached hydrogens (primary N) is 1. The molecule has 0 aliphatic rings. The fraction of sp³-hybridized carbons (Fsp3) is 0.333. The molecule has 4 heteroatoms. The molecule has 0 heterocycles. The summed E-state index contributed by atoms with van der Waals surface area (Å²) in [5.41, 5.74) is 7.77. The maximum Gasteiger partial charge on any atom is 0.125 e. The Morgan fingerprint density at radius 1 is 1.56 bits per heavy atom. The van der Waals surface area contributed by atoms with E-state index in [-0.39, 0.29) is 5.82 Å². The molecule has 0 bridgehead atoms. The first-order valence-corrected chi connectivity index (χ1v) is 5.10. The molecule has 0 aromatic heterocycles. The highest BCUT2D eigenvalue weighted by atomic mass is 19.1. The lowest BCUT2D eigenvalue weighted by Gasteiger charge is -2.09. The normalized spacial score (nSPS) is 10.1. The largest absolute Gasteiger partial charge is 0.397 e. The zero-order valence-corrected chi connectivity index (χ0v) is 9.42. The van der Waals surface area contributed by atoms with Gasteiger partial charge < -0.3 is 15.8 Å². The third kappa shape index (κ3) is 4.31. The minimum atomic E-state index is -0.306. The number of hydrogen-bond acceptors (Lipinski definition) is 3. The van der Waals surface area contributed by atoms with Crippen LogP contribution >= 0.6 is 0 Å². The van der Waals surface area contributed by atoms with Crippen LogP contribution in [0.5, 0.6) is 0 Å². The number of halogens is 1. The van der Waals surface area contributed by atoms with Gasteiger partial charge in [0.25, 0.3) is 0 Å². The topological polar surface area (TPSA) is 47.3 Å². The number of rotatable bonds is 6. The van der Waals surface area contributed by atoms with E-state index >= 15 is 0 Å². The van der Waals surface area contributed by atoms with Gasteiger partial charge in [-0.1, -0.05) is 12.2 Å². The zero-order chi connectivity index (χ0) is 12.0. The van der Waals surface area contributed by atoms with Crippen molar-refractivity contribution in [2.75, 3.05) is 30.8 Å². The van der Waals surface area contributed by atoms with E-state index in [2.05, 4.69) is 11.9 Å². The molecule has 88 valence electrons. The van der Waals surface area contributed by atoms with Crippen LogP contribution in [-0.4, -0.2) is 19.8 Å². The van der Waals surface area contributed by atoms with Crippen LogP contribution in [0.3, 0.4) is 0 Å². The highest BCUT2D eigenvalue weighted by molar-refractivity contribution is 5.65. The van der Waals surface area contributed by atoms with Gasteiger partial charge >= 0.3 is 0 Å². The minimum absolute atomic E-state index is 0.306.